The minimum atomic E-state index is 0.774. The Balaban J connectivity index is 1.49. The second kappa shape index (κ2) is 9.78. The van der Waals surface area contributed by atoms with E-state index in [2.05, 4.69) is 23.1 Å². The van der Waals surface area contributed by atoms with Crippen LogP contribution in [0, 0.1) is 6.07 Å². The van der Waals surface area contributed by atoms with Gasteiger partial charge in [0.25, 0.3) is 0 Å². The number of hydrogen-bond acceptors (Lipinski definition) is 3. The molecular weight excluding hydrogens is 286 g/mol. The topological polar surface area (TPSA) is 21.7 Å². The van der Waals surface area contributed by atoms with Crippen LogP contribution >= 0.6 is 0 Å². The van der Waals surface area contributed by atoms with Crippen LogP contribution in [0.1, 0.15) is 25.7 Å². The summed E-state index contributed by atoms with van der Waals surface area (Å²) < 4.78 is 11.4. The van der Waals surface area contributed by atoms with Crippen LogP contribution < -0.4 is 14.4 Å². The lowest BCUT2D eigenvalue weighted by atomic mass is 10.2. The standard InChI is InChI=1S/C20H26NO2/c1-21(2)18-12-14-20(15-13-18)23-17-9-4-3-8-16-22-19-10-6-5-7-11-19/h6-7,10-15H,3-4,8-9,16-17H2,1-2H3. The van der Waals surface area contributed by atoms with Crippen molar-refractivity contribution in [2.75, 3.05) is 32.2 Å². The summed E-state index contributed by atoms with van der Waals surface area (Å²) in [6, 6.07) is 18.8. The van der Waals surface area contributed by atoms with Crippen LogP contribution in [0.3, 0.4) is 0 Å². The molecule has 0 fully saturated rings. The van der Waals surface area contributed by atoms with Crippen molar-refractivity contribution >= 4 is 5.69 Å². The van der Waals surface area contributed by atoms with Crippen molar-refractivity contribution in [3.8, 4) is 11.5 Å². The average molecular weight is 312 g/mol. The predicted molar refractivity (Wildman–Crippen MR) is 95.5 cm³/mol. The van der Waals surface area contributed by atoms with E-state index in [1.165, 1.54) is 18.5 Å². The fourth-order valence-electron chi connectivity index (χ4n) is 2.25. The van der Waals surface area contributed by atoms with Gasteiger partial charge in [-0.1, -0.05) is 12.1 Å². The van der Waals surface area contributed by atoms with Crippen molar-refractivity contribution < 1.29 is 9.47 Å². The zero-order valence-corrected chi connectivity index (χ0v) is 14.1. The lowest BCUT2D eigenvalue weighted by Gasteiger charge is -2.13. The van der Waals surface area contributed by atoms with E-state index < -0.39 is 0 Å². The largest absolute Gasteiger partial charge is 0.494 e. The van der Waals surface area contributed by atoms with Crippen LogP contribution in [0.2, 0.25) is 0 Å². The van der Waals surface area contributed by atoms with Crippen LogP contribution in [0.15, 0.2) is 48.5 Å². The molecule has 0 spiro atoms. The van der Waals surface area contributed by atoms with Crippen LogP contribution in [0.4, 0.5) is 5.69 Å². The van der Waals surface area contributed by atoms with E-state index in [0.717, 1.165) is 37.6 Å². The second-order valence-electron chi connectivity index (χ2n) is 5.74. The monoisotopic (exact) mass is 312 g/mol. The lowest BCUT2D eigenvalue weighted by Crippen LogP contribution is -2.08. The SMILES string of the molecule is CN(C)c1ccc(OCCCCCCOc2cc[c]cc2)cc1. The van der Waals surface area contributed by atoms with E-state index in [4.69, 9.17) is 9.47 Å². The Labute approximate surface area is 139 Å². The number of anilines is 1. The van der Waals surface area contributed by atoms with Crippen molar-refractivity contribution in [1.29, 1.82) is 0 Å². The summed E-state index contributed by atoms with van der Waals surface area (Å²) in [6.45, 7) is 1.55. The first-order chi connectivity index (χ1) is 11.3. The van der Waals surface area contributed by atoms with E-state index in [-0.39, 0.29) is 0 Å². The molecule has 0 saturated carbocycles. The molecule has 3 nitrogen and oxygen atoms in total. The molecule has 0 bridgehead atoms. The zero-order chi connectivity index (χ0) is 16.3. The first-order valence-electron chi connectivity index (χ1n) is 8.25. The fraction of sp³-hybridized carbons (Fsp3) is 0.400. The number of rotatable bonds is 10. The molecule has 2 aromatic carbocycles. The van der Waals surface area contributed by atoms with E-state index in [0.29, 0.717) is 0 Å². The van der Waals surface area contributed by atoms with Crippen molar-refractivity contribution in [2.45, 2.75) is 25.7 Å². The smallest absolute Gasteiger partial charge is 0.119 e. The zero-order valence-electron chi connectivity index (χ0n) is 14.1. The highest BCUT2D eigenvalue weighted by molar-refractivity contribution is 5.47. The molecule has 2 rings (SSSR count). The molecule has 0 aliphatic rings. The Morgan fingerprint density at radius 2 is 1.26 bits per heavy atom. The molecule has 0 atom stereocenters. The third kappa shape index (κ3) is 6.64. The summed E-state index contributed by atoms with van der Waals surface area (Å²) >= 11 is 0. The number of nitrogens with zero attached hydrogens (tertiary/aromatic N) is 1. The van der Waals surface area contributed by atoms with Gasteiger partial charge < -0.3 is 14.4 Å². The molecule has 2 aromatic rings. The van der Waals surface area contributed by atoms with E-state index in [9.17, 15) is 0 Å². The Bertz CT molecular complexity index is 537. The maximum atomic E-state index is 5.76. The Morgan fingerprint density at radius 3 is 1.78 bits per heavy atom. The summed E-state index contributed by atoms with van der Waals surface area (Å²) in [5.41, 5.74) is 1.19. The van der Waals surface area contributed by atoms with Gasteiger partial charge in [-0.2, -0.15) is 0 Å². The van der Waals surface area contributed by atoms with E-state index in [1.807, 2.05) is 50.5 Å². The Hall–Kier alpha value is -2.16. The van der Waals surface area contributed by atoms with Gasteiger partial charge in [0.1, 0.15) is 11.5 Å². The highest BCUT2D eigenvalue weighted by Gasteiger charge is 1.98. The van der Waals surface area contributed by atoms with Gasteiger partial charge >= 0.3 is 0 Å². The Kier molecular flexibility index (Phi) is 7.31. The summed E-state index contributed by atoms with van der Waals surface area (Å²) in [7, 11) is 4.08. The van der Waals surface area contributed by atoms with Gasteiger partial charge in [-0.25, -0.2) is 0 Å². The fourth-order valence-corrected chi connectivity index (χ4v) is 2.25. The molecule has 0 aromatic heterocycles. The molecule has 0 N–H and O–H groups in total. The van der Waals surface area contributed by atoms with Crippen molar-refractivity contribution in [1.82, 2.24) is 0 Å². The molecule has 0 unspecified atom stereocenters. The number of unbranched alkanes of at least 4 members (excludes halogenated alkanes) is 3. The van der Waals surface area contributed by atoms with Crippen LogP contribution in [-0.4, -0.2) is 27.3 Å². The van der Waals surface area contributed by atoms with Crippen LogP contribution in [-0.2, 0) is 0 Å². The molecule has 0 aliphatic heterocycles. The molecule has 23 heavy (non-hydrogen) atoms. The molecule has 0 amide bonds. The molecular formula is C20H26NO2. The van der Waals surface area contributed by atoms with Gasteiger partial charge in [-0.15, -0.1) is 0 Å². The predicted octanol–water partition coefficient (Wildman–Crippen LogP) is 4.57. The maximum absolute atomic E-state index is 5.76. The minimum absolute atomic E-state index is 0.774. The highest BCUT2D eigenvalue weighted by Crippen LogP contribution is 2.18. The first-order valence-corrected chi connectivity index (χ1v) is 8.25. The number of ether oxygens (including phenoxy) is 2. The third-order valence-electron chi connectivity index (χ3n) is 3.62. The van der Waals surface area contributed by atoms with Gasteiger partial charge in [-0.05, 0) is 68.1 Å². The van der Waals surface area contributed by atoms with Crippen molar-refractivity contribution in [2.24, 2.45) is 0 Å². The molecule has 1 radical (unpaired) electrons. The van der Waals surface area contributed by atoms with E-state index in [1.54, 1.807) is 0 Å². The second-order valence-corrected chi connectivity index (χ2v) is 5.74. The summed E-state index contributed by atoms with van der Waals surface area (Å²) in [5.74, 6) is 1.87. The summed E-state index contributed by atoms with van der Waals surface area (Å²) in [6.07, 6.45) is 4.50. The van der Waals surface area contributed by atoms with Gasteiger partial charge in [0.05, 0.1) is 13.2 Å². The first kappa shape index (κ1) is 17.2. The maximum Gasteiger partial charge on any atom is 0.119 e. The van der Waals surface area contributed by atoms with Crippen molar-refractivity contribution in [3.05, 3.63) is 54.6 Å². The van der Waals surface area contributed by atoms with Gasteiger partial charge in [0, 0.05) is 19.8 Å². The summed E-state index contributed by atoms with van der Waals surface area (Å²) in [4.78, 5) is 2.08. The van der Waals surface area contributed by atoms with Gasteiger partial charge in [0.15, 0.2) is 0 Å². The summed E-state index contributed by atoms with van der Waals surface area (Å²) in [5, 5.41) is 0. The van der Waals surface area contributed by atoms with E-state index >= 15 is 0 Å². The highest BCUT2D eigenvalue weighted by atomic mass is 16.5. The number of benzene rings is 2. The molecule has 0 heterocycles. The molecule has 123 valence electrons. The van der Waals surface area contributed by atoms with Crippen LogP contribution in [0.5, 0.6) is 11.5 Å². The third-order valence-corrected chi connectivity index (χ3v) is 3.62. The Morgan fingerprint density at radius 1 is 0.739 bits per heavy atom. The normalized spacial score (nSPS) is 10.3. The quantitative estimate of drug-likeness (QED) is 0.600. The van der Waals surface area contributed by atoms with Crippen LogP contribution in [0.25, 0.3) is 0 Å². The lowest BCUT2D eigenvalue weighted by molar-refractivity contribution is 0.287. The average Bonchev–Trinajstić information content (AvgIpc) is 2.58. The number of hydrogen-bond donors (Lipinski definition) is 0. The van der Waals surface area contributed by atoms with Gasteiger partial charge in [-0.3, -0.25) is 0 Å². The molecule has 3 heteroatoms. The van der Waals surface area contributed by atoms with Gasteiger partial charge in [0.2, 0.25) is 0 Å². The minimum Gasteiger partial charge on any atom is -0.494 e. The molecule has 0 saturated heterocycles. The van der Waals surface area contributed by atoms with Crippen molar-refractivity contribution in [3.63, 3.8) is 0 Å². The molecule has 0 aliphatic carbocycles.